The topological polar surface area (TPSA) is 38.9 Å². The second kappa shape index (κ2) is 11.8. The van der Waals surface area contributed by atoms with Gasteiger partial charge in [-0.3, -0.25) is 0 Å². The van der Waals surface area contributed by atoms with Crippen LogP contribution in [0.4, 0.5) is 0 Å². The van der Waals surface area contributed by atoms with Crippen molar-refractivity contribution in [1.82, 2.24) is 9.97 Å². The van der Waals surface area contributed by atoms with Gasteiger partial charge in [-0.25, -0.2) is 0 Å². The summed E-state index contributed by atoms with van der Waals surface area (Å²) < 4.78 is 6.18. The van der Waals surface area contributed by atoms with Gasteiger partial charge in [0.2, 0.25) is 0 Å². The van der Waals surface area contributed by atoms with Crippen molar-refractivity contribution < 1.29 is 24.5 Å². The van der Waals surface area contributed by atoms with Crippen molar-refractivity contribution in [3.63, 3.8) is 0 Å². The molecule has 6 rings (SSSR count). The Bertz CT molecular complexity index is 1660. The van der Waals surface area contributed by atoms with Crippen LogP contribution in [0.2, 0.25) is 19.6 Å². The predicted octanol–water partition coefficient (Wildman–Crippen LogP) is 8.46. The fraction of sp³-hybridized carbons (Fsp3) is 0.176. The number of furan rings is 1. The van der Waals surface area contributed by atoms with E-state index in [4.69, 9.17) is 4.42 Å². The molecule has 5 heteroatoms. The Kier molecular flexibility index (Phi) is 8.66. The maximum atomic E-state index is 6.18. The van der Waals surface area contributed by atoms with E-state index < -0.39 is 8.07 Å². The molecule has 39 heavy (non-hydrogen) atoms. The third-order valence-corrected chi connectivity index (χ3v) is 8.43. The molecule has 199 valence electrons. The molecule has 0 N–H and O–H groups in total. The minimum Gasteiger partial charge on any atom is -0.501 e. The summed E-state index contributed by atoms with van der Waals surface area (Å²) in [5.74, 6) is 0. The quantitative estimate of drug-likeness (QED) is 0.137. The average Bonchev–Trinajstić information content (AvgIpc) is 3.28. The van der Waals surface area contributed by atoms with Crippen LogP contribution in [-0.4, -0.2) is 18.0 Å². The van der Waals surface area contributed by atoms with Crippen LogP contribution in [0.3, 0.4) is 0 Å². The van der Waals surface area contributed by atoms with Crippen LogP contribution < -0.4 is 5.19 Å². The molecule has 0 saturated heterocycles. The maximum absolute atomic E-state index is 6.18. The van der Waals surface area contributed by atoms with E-state index in [9.17, 15) is 0 Å². The Morgan fingerprint density at radius 2 is 1.36 bits per heavy atom. The molecule has 0 aliphatic heterocycles. The van der Waals surface area contributed by atoms with Crippen LogP contribution in [0.1, 0.15) is 16.7 Å². The Labute approximate surface area is 245 Å². The second-order valence-corrected chi connectivity index (χ2v) is 15.9. The minimum atomic E-state index is -1.51. The van der Waals surface area contributed by atoms with E-state index in [1.165, 1.54) is 21.7 Å². The fourth-order valence-electron chi connectivity index (χ4n) is 4.26. The van der Waals surface area contributed by atoms with Crippen LogP contribution >= 0.6 is 0 Å². The molecule has 0 bridgehead atoms. The zero-order valence-electron chi connectivity index (χ0n) is 23.2. The molecule has 0 aliphatic rings. The molecule has 3 nitrogen and oxygen atoms in total. The average molecular weight is 705 g/mol. The van der Waals surface area contributed by atoms with E-state index in [0.717, 1.165) is 44.6 Å². The number of rotatable bonds is 3. The minimum absolute atomic E-state index is 0. The van der Waals surface area contributed by atoms with Gasteiger partial charge in [-0.2, -0.15) is 0 Å². The van der Waals surface area contributed by atoms with E-state index >= 15 is 0 Å². The summed E-state index contributed by atoms with van der Waals surface area (Å²) in [6.45, 7) is 13.2. The van der Waals surface area contributed by atoms with Crippen molar-refractivity contribution in [2.45, 2.75) is 40.4 Å². The number of aryl methyl sites for hydroxylation is 3. The number of hydrogen-bond acceptors (Lipinski definition) is 3. The van der Waals surface area contributed by atoms with Crippen molar-refractivity contribution in [3.8, 4) is 22.5 Å². The predicted molar refractivity (Wildman–Crippen MR) is 161 cm³/mol. The Morgan fingerprint density at radius 1 is 0.718 bits per heavy atom. The summed E-state index contributed by atoms with van der Waals surface area (Å²) in [5, 5.41) is 3.63. The normalized spacial score (nSPS) is 11.1. The first-order chi connectivity index (χ1) is 18.2. The number of aromatic nitrogens is 2. The number of para-hydroxylation sites is 1. The van der Waals surface area contributed by atoms with Gasteiger partial charge in [0.05, 0.1) is 13.7 Å². The Balaban J connectivity index is 0.000000202. The van der Waals surface area contributed by atoms with Gasteiger partial charge in [-0.1, -0.05) is 80.0 Å². The van der Waals surface area contributed by atoms with E-state index in [1.807, 2.05) is 49.6 Å². The Morgan fingerprint density at radius 3 is 1.95 bits per heavy atom. The SMILES string of the molecule is Cc1c[c-]c(-c2ccc(C)cn2)cc1.Cc1ccc(-c2[c-]c([Si](C)(C)C)cc3c2oc2ccccc23)nc1.[Ir]. The van der Waals surface area contributed by atoms with Crippen molar-refractivity contribution in [2.75, 3.05) is 0 Å². The van der Waals surface area contributed by atoms with Crippen LogP contribution in [0, 0.1) is 32.9 Å². The molecular formula is C34H32IrN2OSi-2. The summed E-state index contributed by atoms with van der Waals surface area (Å²) in [5.41, 5.74) is 9.29. The van der Waals surface area contributed by atoms with Gasteiger partial charge in [0.25, 0.3) is 0 Å². The number of nitrogens with zero attached hydrogens (tertiary/aromatic N) is 2. The van der Waals surface area contributed by atoms with Crippen molar-refractivity contribution >= 4 is 35.2 Å². The summed E-state index contributed by atoms with van der Waals surface area (Å²) in [7, 11) is -1.51. The molecule has 0 amide bonds. The largest absolute Gasteiger partial charge is 0.501 e. The molecular weight excluding hydrogens is 673 g/mol. The molecule has 0 atom stereocenters. The van der Waals surface area contributed by atoms with Gasteiger partial charge in [0.15, 0.2) is 0 Å². The molecule has 3 heterocycles. The summed E-state index contributed by atoms with van der Waals surface area (Å²) in [6.07, 6.45) is 3.78. The molecule has 0 aliphatic carbocycles. The molecule has 1 radical (unpaired) electrons. The molecule has 0 saturated carbocycles. The van der Waals surface area contributed by atoms with Crippen molar-refractivity contribution in [2.24, 2.45) is 0 Å². The number of fused-ring (bicyclic) bond motifs is 3. The van der Waals surface area contributed by atoms with Gasteiger partial charge >= 0.3 is 0 Å². The molecule has 0 unspecified atom stereocenters. The summed E-state index contributed by atoms with van der Waals surface area (Å²) >= 11 is 0. The van der Waals surface area contributed by atoms with E-state index in [2.05, 4.69) is 98.1 Å². The third-order valence-electron chi connectivity index (χ3n) is 6.54. The van der Waals surface area contributed by atoms with Crippen LogP contribution in [0.5, 0.6) is 0 Å². The first-order valence-electron chi connectivity index (χ1n) is 12.9. The zero-order chi connectivity index (χ0) is 26.9. The molecule has 6 aromatic rings. The number of pyridine rings is 2. The monoisotopic (exact) mass is 705 g/mol. The van der Waals surface area contributed by atoms with Gasteiger partial charge in [0.1, 0.15) is 5.58 Å². The van der Waals surface area contributed by atoms with Gasteiger partial charge < -0.3 is 14.4 Å². The number of benzene rings is 3. The molecule has 0 spiro atoms. The first kappa shape index (κ1) is 28.6. The van der Waals surface area contributed by atoms with Crippen LogP contribution in [-0.2, 0) is 20.1 Å². The van der Waals surface area contributed by atoms with E-state index in [0.29, 0.717) is 0 Å². The number of hydrogen-bond donors (Lipinski definition) is 0. The van der Waals surface area contributed by atoms with Crippen molar-refractivity contribution in [1.29, 1.82) is 0 Å². The van der Waals surface area contributed by atoms with Crippen LogP contribution in [0.15, 0.2) is 89.6 Å². The van der Waals surface area contributed by atoms with E-state index in [1.54, 1.807) is 0 Å². The maximum Gasteiger partial charge on any atom is 0.120 e. The molecule has 0 fully saturated rings. The smallest absolute Gasteiger partial charge is 0.120 e. The summed E-state index contributed by atoms with van der Waals surface area (Å²) in [4.78, 5) is 8.96. The summed E-state index contributed by atoms with van der Waals surface area (Å²) in [6, 6.07) is 31.7. The molecule has 3 aromatic heterocycles. The van der Waals surface area contributed by atoms with Crippen molar-refractivity contribution in [3.05, 3.63) is 114 Å². The van der Waals surface area contributed by atoms with E-state index in [-0.39, 0.29) is 20.1 Å². The standard InChI is InChI=1S/C21H20NOSi.C13H12N.Ir/c1-14-9-10-19(22-13-14)18-12-15(24(2,3)4)11-17-16-7-5-6-8-20(16)23-21(17)18;1-10-3-6-12(7-4-10)13-8-5-11(2)9-14-13;/h5-11,13H,1-4H3;3-6,8-9H,1-2H3;/q2*-1;. The Hall–Kier alpha value is -3.37. The fourth-order valence-corrected chi connectivity index (χ4v) is 5.33. The van der Waals surface area contributed by atoms with Gasteiger partial charge in [0, 0.05) is 37.9 Å². The zero-order valence-corrected chi connectivity index (χ0v) is 26.6. The second-order valence-electron chi connectivity index (χ2n) is 10.9. The first-order valence-corrected chi connectivity index (χ1v) is 16.4. The van der Waals surface area contributed by atoms with Gasteiger partial charge in [-0.05, 0) is 42.4 Å². The molecule has 3 aromatic carbocycles. The van der Waals surface area contributed by atoms with Crippen LogP contribution in [0.25, 0.3) is 44.5 Å². The third kappa shape index (κ3) is 6.44. The van der Waals surface area contributed by atoms with Gasteiger partial charge in [-0.15, -0.1) is 52.7 Å².